The first-order chi connectivity index (χ1) is 11.6. The van der Waals surface area contributed by atoms with Crippen LogP contribution in [0.1, 0.15) is 6.92 Å². The topological polar surface area (TPSA) is 80.9 Å². The lowest BCUT2D eigenvalue weighted by molar-refractivity contribution is -0.119. The van der Waals surface area contributed by atoms with Crippen molar-refractivity contribution < 1.29 is 19.0 Å². The molecule has 0 fully saturated rings. The van der Waals surface area contributed by atoms with E-state index in [1.807, 2.05) is 25.1 Å². The summed E-state index contributed by atoms with van der Waals surface area (Å²) in [6.07, 6.45) is 0. The van der Waals surface area contributed by atoms with Gasteiger partial charge in [0, 0.05) is 18.0 Å². The van der Waals surface area contributed by atoms with Crippen molar-refractivity contribution in [2.24, 2.45) is 0 Å². The fraction of sp³-hybridized carbons (Fsp3) is 0.467. The van der Waals surface area contributed by atoms with Gasteiger partial charge in [-0.1, -0.05) is 0 Å². The third-order valence-electron chi connectivity index (χ3n) is 2.99. The molecule has 0 saturated carbocycles. The molecule has 132 valence electrons. The van der Waals surface area contributed by atoms with Crippen LogP contribution in [-0.2, 0) is 9.53 Å². The number of fused-ring (bicyclic) bond motifs is 1. The lowest BCUT2D eigenvalue weighted by Gasteiger charge is -2.18. The van der Waals surface area contributed by atoms with Gasteiger partial charge >= 0.3 is 0 Å². The Balaban J connectivity index is 1.70. The molecule has 1 atom stereocenters. The first-order valence-electron chi connectivity index (χ1n) is 7.45. The molecule has 3 N–H and O–H groups in total. The normalized spacial score (nSPS) is 13.8. The molecular weight excluding hydrogens is 350 g/mol. The minimum Gasteiger partial charge on any atom is -0.486 e. The summed E-state index contributed by atoms with van der Waals surface area (Å²) in [7, 11) is 1.62. The third kappa shape index (κ3) is 6.06. The van der Waals surface area contributed by atoms with Crippen molar-refractivity contribution in [3.63, 3.8) is 0 Å². The molecule has 7 nitrogen and oxygen atoms in total. The average molecular weight is 371 g/mol. The second kappa shape index (κ2) is 9.55. The Labute approximate surface area is 150 Å². The number of hydrazine groups is 1. The predicted octanol–water partition coefficient (Wildman–Crippen LogP) is 1.08. The molecule has 0 radical (unpaired) electrons. The Hall–Kier alpha value is -1.71. The molecule has 1 aliphatic rings. The highest BCUT2D eigenvalue weighted by molar-refractivity contribution is 8.00. The molecule has 2 rings (SSSR count). The second-order valence-electron chi connectivity index (χ2n) is 5.10. The average Bonchev–Trinajstić information content (AvgIpc) is 2.58. The van der Waals surface area contributed by atoms with Crippen molar-refractivity contribution in [2.45, 2.75) is 17.9 Å². The van der Waals surface area contributed by atoms with Crippen LogP contribution in [0.4, 0.5) is 0 Å². The summed E-state index contributed by atoms with van der Waals surface area (Å²) < 4.78 is 16.0. The number of methoxy groups -OCH3 is 1. The van der Waals surface area contributed by atoms with Crippen LogP contribution >= 0.6 is 24.0 Å². The molecule has 24 heavy (non-hydrogen) atoms. The van der Waals surface area contributed by atoms with Gasteiger partial charge in [0.25, 0.3) is 0 Å². The summed E-state index contributed by atoms with van der Waals surface area (Å²) >= 11 is 6.48. The molecule has 9 heteroatoms. The van der Waals surface area contributed by atoms with Gasteiger partial charge in [-0.2, -0.15) is 0 Å². The van der Waals surface area contributed by atoms with Crippen LogP contribution in [0, 0.1) is 0 Å². The van der Waals surface area contributed by atoms with E-state index < -0.39 is 0 Å². The van der Waals surface area contributed by atoms with Gasteiger partial charge in [0.15, 0.2) is 16.6 Å². The number of hydrogen-bond acceptors (Lipinski definition) is 6. The van der Waals surface area contributed by atoms with E-state index in [-0.39, 0.29) is 17.7 Å². The Morgan fingerprint density at radius 1 is 1.33 bits per heavy atom. The van der Waals surface area contributed by atoms with Crippen LogP contribution < -0.4 is 25.6 Å². The summed E-state index contributed by atoms with van der Waals surface area (Å²) in [5.41, 5.74) is 5.22. The summed E-state index contributed by atoms with van der Waals surface area (Å²) in [5, 5.41) is 3.33. The molecule has 1 aliphatic heterocycles. The predicted molar refractivity (Wildman–Crippen MR) is 96.5 cm³/mol. The third-order valence-corrected chi connectivity index (χ3v) is 4.21. The van der Waals surface area contributed by atoms with E-state index in [4.69, 9.17) is 26.4 Å². The molecule has 1 aromatic rings. The monoisotopic (exact) mass is 371 g/mol. The largest absolute Gasteiger partial charge is 0.486 e. The molecule has 0 spiro atoms. The van der Waals surface area contributed by atoms with Gasteiger partial charge in [-0.15, -0.1) is 11.8 Å². The molecule has 0 aliphatic carbocycles. The summed E-state index contributed by atoms with van der Waals surface area (Å²) in [6, 6.07) is 5.68. The van der Waals surface area contributed by atoms with Crippen LogP contribution in [0.15, 0.2) is 23.1 Å². The zero-order valence-electron chi connectivity index (χ0n) is 13.6. The quantitative estimate of drug-likeness (QED) is 0.389. The highest BCUT2D eigenvalue weighted by Gasteiger charge is 2.12. The standard InChI is InChI=1S/C15H21N3O4S2/c1-10(8-20-2)16-15(23)18-17-14(19)9-24-11-3-4-12-13(7-11)22-6-5-21-12/h3-4,7,10H,5-6,8-9H2,1-2H3,(H,17,19)(H2,16,18,23)/t10-/m1/s1. The van der Waals surface area contributed by atoms with Gasteiger partial charge in [0.1, 0.15) is 13.2 Å². The van der Waals surface area contributed by atoms with Gasteiger partial charge in [0.2, 0.25) is 5.91 Å². The highest BCUT2D eigenvalue weighted by atomic mass is 32.2. The van der Waals surface area contributed by atoms with E-state index in [2.05, 4.69) is 16.2 Å². The SMILES string of the molecule is COC[C@@H](C)NC(=S)NNC(=O)CSc1ccc2c(c1)OCCO2. The molecule has 1 aromatic carbocycles. The van der Waals surface area contributed by atoms with E-state index in [0.717, 1.165) is 10.6 Å². The summed E-state index contributed by atoms with van der Waals surface area (Å²) in [4.78, 5) is 12.8. The van der Waals surface area contributed by atoms with Crippen LogP contribution in [0.3, 0.4) is 0 Å². The zero-order chi connectivity index (χ0) is 17.4. The molecule has 0 saturated heterocycles. The lowest BCUT2D eigenvalue weighted by atomic mass is 10.3. The summed E-state index contributed by atoms with van der Waals surface area (Å²) in [5.74, 6) is 1.52. The smallest absolute Gasteiger partial charge is 0.248 e. The fourth-order valence-electron chi connectivity index (χ4n) is 1.98. The Morgan fingerprint density at radius 3 is 2.83 bits per heavy atom. The van der Waals surface area contributed by atoms with Crippen LogP contribution in [0.2, 0.25) is 0 Å². The Morgan fingerprint density at radius 2 is 2.08 bits per heavy atom. The van der Waals surface area contributed by atoms with Crippen LogP contribution in [-0.4, -0.2) is 49.7 Å². The summed E-state index contributed by atoms with van der Waals surface area (Å²) in [6.45, 7) is 3.55. The number of nitrogens with one attached hydrogen (secondary N) is 3. The fourth-order valence-corrected chi connectivity index (χ4v) is 2.95. The van der Waals surface area contributed by atoms with Crippen molar-refractivity contribution in [1.82, 2.24) is 16.2 Å². The molecule has 0 unspecified atom stereocenters. The lowest BCUT2D eigenvalue weighted by Crippen LogP contribution is -2.50. The maximum Gasteiger partial charge on any atom is 0.248 e. The Bertz CT molecular complexity index is 586. The minimum atomic E-state index is -0.182. The number of ether oxygens (including phenoxy) is 3. The van der Waals surface area contributed by atoms with Gasteiger partial charge in [0.05, 0.1) is 12.4 Å². The number of thioether (sulfide) groups is 1. The zero-order valence-corrected chi connectivity index (χ0v) is 15.2. The van der Waals surface area contributed by atoms with Crippen LogP contribution in [0.5, 0.6) is 11.5 Å². The van der Waals surface area contributed by atoms with Gasteiger partial charge in [-0.3, -0.25) is 15.6 Å². The number of rotatable bonds is 6. The maximum atomic E-state index is 11.9. The van der Waals surface area contributed by atoms with Crippen molar-refractivity contribution >= 4 is 35.0 Å². The van der Waals surface area contributed by atoms with Gasteiger partial charge in [-0.25, -0.2) is 0 Å². The van der Waals surface area contributed by atoms with E-state index in [1.165, 1.54) is 11.8 Å². The van der Waals surface area contributed by atoms with Gasteiger partial charge in [-0.05, 0) is 37.3 Å². The van der Waals surface area contributed by atoms with Gasteiger partial charge < -0.3 is 19.5 Å². The van der Waals surface area contributed by atoms with Crippen molar-refractivity contribution in [1.29, 1.82) is 0 Å². The molecule has 1 amide bonds. The minimum absolute atomic E-state index is 0.0546. The maximum absolute atomic E-state index is 11.9. The Kier molecular flexibility index (Phi) is 7.41. The highest BCUT2D eigenvalue weighted by Crippen LogP contribution is 2.33. The van der Waals surface area contributed by atoms with E-state index in [1.54, 1.807) is 7.11 Å². The van der Waals surface area contributed by atoms with Crippen LogP contribution in [0.25, 0.3) is 0 Å². The van der Waals surface area contributed by atoms with Crippen molar-refractivity contribution in [3.05, 3.63) is 18.2 Å². The first-order valence-corrected chi connectivity index (χ1v) is 8.84. The van der Waals surface area contributed by atoms with Crippen molar-refractivity contribution in [2.75, 3.05) is 32.7 Å². The molecular formula is C15H21N3O4S2. The number of carbonyl (C=O) groups excluding carboxylic acids is 1. The number of thiocarbonyl (C=S) groups is 1. The number of benzene rings is 1. The first kappa shape index (κ1) is 18.6. The van der Waals surface area contributed by atoms with E-state index >= 15 is 0 Å². The number of hydrogen-bond donors (Lipinski definition) is 3. The number of carbonyl (C=O) groups is 1. The van der Waals surface area contributed by atoms with E-state index in [0.29, 0.717) is 30.7 Å². The van der Waals surface area contributed by atoms with Crippen molar-refractivity contribution in [3.8, 4) is 11.5 Å². The molecule has 0 aromatic heterocycles. The number of amides is 1. The van der Waals surface area contributed by atoms with E-state index in [9.17, 15) is 4.79 Å². The second-order valence-corrected chi connectivity index (χ2v) is 6.55. The molecule has 0 bridgehead atoms. The molecule has 1 heterocycles.